The fourth-order valence-electron chi connectivity index (χ4n) is 2.21. The van der Waals surface area contributed by atoms with Crippen molar-refractivity contribution in [2.75, 3.05) is 13.7 Å². The van der Waals surface area contributed by atoms with Crippen LogP contribution in [0.25, 0.3) is 0 Å². The van der Waals surface area contributed by atoms with Crippen LogP contribution >= 0.6 is 0 Å². The van der Waals surface area contributed by atoms with Gasteiger partial charge >= 0.3 is 5.97 Å². The van der Waals surface area contributed by atoms with E-state index in [2.05, 4.69) is 13.8 Å². The van der Waals surface area contributed by atoms with Crippen LogP contribution in [-0.4, -0.2) is 19.6 Å². The van der Waals surface area contributed by atoms with E-state index in [0.29, 0.717) is 6.54 Å². The zero-order valence-electron chi connectivity index (χ0n) is 10.7. The van der Waals surface area contributed by atoms with E-state index in [-0.39, 0.29) is 11.4 Å². The van der Waals surface area contributed by atoms with Gasteiger partial charge in [0.1, 0.15) is 0 Å². The molecule has 0 fully saturated rings. The first-order valence-corrected chi connectivity index (χ1v) is 5.54. The van der Waals surface area contributed by atoms with Crippen LogP contribution in [0.15, 0.2) is 0 Å². The highest BCUT2D eigenvalue weighted by molar-refractivity contribution is 5.75. The second-order valence-corrected chi connectivity index (χ2v) is 5.61. The largest absolute Gasteiger partial charge is 0.469 e. The summed E-state index contributed by atoms with van der Waals surface area (Å²) < 4.78 is 4.80. The van der Waals surface area contributed by atoms with Gasteiger partial charge in [0.2, 0.25) is 0 Å². The summed E-state index contributed by atoms with van der Waals surface area (Å²) in [7, 11) is 1.44. The van der Waals surface area contributed by atoms with E-state index >= 15 is 0 Å². The predicted octanol–water partition coefficient (Wildman–Crippen LogP) is 2.34. The number of esters is 1. The normalized spacial score (nSPS) is 12.7. The fourth-order valence-corrected chi connectivity index (χ4v) is 2.21. The zero-order chi connectivity index (χ0) is 12.1. The van der Waals surface area contributed by atoms with Gasteiger partial charge in [-0.2, -0.15) is 0 Å². The van der Waals surface area contributed by atoms with E-state index in [1.165, 1.54) is 7.11 Å². The van der Waals surface area contributed by atoms with Gasteiger partial charge in [-0.1, -0.05) is 13.8 Å². The molecule has 0 spiro atoms. The van der Waals surface area contributed by atoms with Gasteiger partial charge in [-0.05, 0) is 45.1 Å². The SMILES string of the molecule is COC(=O)C(C)(C)CC(C)(C)CCCN. The third-order valence-corrected chi connectivity index (χ3v) is 2.72. The Labute approximate surface area is 93.4 Å². The molecule has 0 bridgehead atoms. The van der Waals surface area contributed by atoms with Crippen molar-refractivity contribution in [2.45, 2.75) is 47.0 Å². The first-order valence-electron chi connectivity index (χ1n) is 5.54. The molecule has 0 atom stereocenters. The Morgan fingerprint density at radius 2 is 1.80 bits per heavy atom. The fraction of sp³-hybridized carbons (Fsp3) is 0.917. The summed E-state index contributed by atoms with van der Waals surface area (Å²) >= 11 is 0. The molecule has 0 aromatic heterocycles. The van der Waals surface area contributed by atoms with Gasteiger partial charge in [0.25, 0.3) is 0 Å². The molecule has 0 saturated heterocycles. The van der Waals surface area contributed by atoms with Crippen molar-refractivity contribution in [1.82, 2.24) is 0 Å². The molecule has 0 rings (SSSR count). The molecule has 0 aromatic rings. The molecule has 0 saturated carbocycles. The maximum Gasteiger partial charge on any atom is 0.311 e. The van der Waals surface area contributed by atoms with Gasteiger partial charge < -0.3 is 10.5 Å². The highest BCUT2D eigenvalue weighted by atomic mass is 16.5. The average Bonchev–Trinajstić information content (AvgIpc) is 2.11. The van der Waals surface area contributed by atoms with Gasteiger partial charge in [-0.25, -0.2) is 0 Å². The van der Waals surface area contributed by atoms with Gasteiger partial charge in [0, 0.05) is 0 Å². The Hall–Kier alpha value is -0.570. The number of ether oxygens (including phenoxy) is 1. The third-order valence-electron chi connectivity index (χ3n) is 2.72. The van der Waals surface area contributed by atoms with Crippen LogP contribution in [0, 0.1) is 10.8 Å². The van der Waals surface area contributed by atoms with E-state index in [1.807, 2.05) is 13.8 Å². The van der Waals surface area contributed by atoms with Crippen molar-refractivity contribution in [1.29, 1.82) is 0 Å². The maximum absolute atomic E-state index is 11.5. The highest BCUT2D eigenvalue weighted by Crippen LogP contribution is 2.37. The topological polar surface area (TPSA) is 52.3 Å². The van der Waals surface area contributed by atoms with Crippen LogP contribution in [0.3, 0.4) is 0 Å². The molecular formula is C12H25NO2. The van der Waals surface area contributed by atoms with Crippen molar-refractivity contribution < 1.29 is 9.53 Å². The molecule has 0 aliphatic heterocycles. The molecule has 2 N–H and O–H groups in total. The Morgan fingerprint density at radius 1 is 1.27 bits per heavy atom. The smallest absolute Gasteiger partial charge is 0.311 e. The second-order valence-electron chi connectivity index (χ2n) is 5.61. The average molecular weight is 215 g/mol. The number of methoxy groups -OCH3 is 1. The molecule has 0 heterocycles. The molecule has 0 aliphatic carbocycles. The van der Waals surface area contributed by atoms with E-state index < -0.39 is 5.41 Å². The first kappa shape index (κ1) is 14.4. The van der Waals surface area contributed by atoms with Gasteiger partial charge in [0.05, 0.1) is 12.5 Å². The van der Waals surface area contributed by atoms with Crippen molar-refractivity contribution in [3.8, 4) is 0 Å². The minimum atomic E-state index is -0.410. The molecule has 0 aliphatic rings. The minimum absolute atomic E-state index is 0.136. The van der Waals surface area contributed by atoms with Crippen molar-refractivity contribution in [2.24, 2.45) is 16.6 Å². The van der Waals surface area contributed by atoms with E-state index in [4.69, 9.17) is 10.5 Å². The zero-order valence-corrected chi connectivity index (χ0v) is 10.7. The van der Waals surface area contributed by atoms with Crippen LogP contribution in [0.4, 0.5) is 0 Å². The summed E-state index contributed by atoms with van der Waals surface area (Å²) in [6.45, 7) is 8.93. The molecule has 0 radical (unpaired) electrons. The van der Waals surface area contributed by atoms with E-state index in [9.17, 15) is 4.79 Å². The monoisotopic (exact) mass is 215 g/mol. The van der Waals surface area contributed by atoms with Crippen molar-refractivity contribution in [3.63, 3.8) is 0 Å². The van der Waals surface area contributed by atoms with Crippen LogP contribution in [0.2, 0.25) is 0 Å². The third kappa shape index (κ3) is 5.17. The van der Waals surface area contributed by atoms with Crippen molar-refractivity contribution in [3.05, 3.63) is 0 Å². The van der Waals surface area contributed by atoms with Gasteiger partial charge in [-0.3, -0.25) is 4.79 Å². The maximum atomic E-state index is 11.5. The first-order chi connectivity index (χ1) is 6.75. The number of carbonyl (C=O) groups is 1. The molecule has 0 amide bonds. The van der Waals surface area contributed by atoms with Crippen LogP contribution in [-0.2, 0) is 9.53 Å². The number of rotatable bonds is 6. The lowest BCUT2D eigenvalue weighted by Gasteiger charge is -2.33. The molecule has 3 heteroatoms. The molecule has 15 heavy (non-hydrogen) atoms. The number of hydrogen-bond donors (Lipinski definition) is 1. The van der Waals surface area contributed by atoms with E-state index in [0.717, 1.165) is 19.3 Å². The number of hydrogen-bond acceptors (Lipinski definition) is 3. The summed E-state index contributed by atoms with van der Waals surface area (Å²) in [5.74, 6) is -0.136. The Bertz CT molecular complexity index is 210. The Kier molecular flexibility index (Phi) is 5.29. The van der Waals surface area contributed by atoms with Gasteiger partial charge in [-0.15, -0.1) is 0 Å². The Morgan fingerprint density at radius 3 is 2.20 bits per heavy atom. The summed E-state index contributed by atoms with van der Waals surface area (Å²) in [4.78, 5) is 11.5. The molecular weight excluding hydrogens is 190 g/mol. The minimum Gasteiger partial charge on any atom is -0.469 e. The Balaban J connectivity index is 4.35. The molecule has 3 nitrogen and oxygen atoms in total. The van der Waals surface area contributed by atoms with Crippen LogP contribution in [0.5, 0.6) is 0 Å². The number of carbonyl (C=O) groups excluding carboxylic acids is 1. The molecule has 0 unspecified atom stereocenters. The lowest BCUT2D eigenvalue weighted by molar-refractivity contribution is -0.152. The second kappa shape index (κ2) is 5.50. The summed E-state index contributed by atoms with van der Waals surface area (Å²) in [6, 6.07) is 0. The van der Waals surface area contributed by atoms with Crippen LogP contribution < -0.4 is 5.73 Å². The van der Waals surface area contributed by atoms with Crippen molar-refractivity contribution >= 4 is 5.97 Å². The highest BCUT2D eigenvalue weighted by Gasteiger charge is 2.35. The molecule has 0 aromatic carbocycles. The lowest BCUT2D eigenvalue weighted by atomic mass is 9.73. The van der Waals surface area contributed by atoms with Crippen LogP contribution in [0.1, 0.15) is 47.0 Å². The van der Waals surface area contributed by atoms with Gasteiger partial charge in [0.15, 0.2) is 0 Å². The number of nitrogens with two attached hydrogens (primary N) is 1. The molecule has 90 valence electrons. The predicted molar refractivity (Wildman–Crippen MR) is 62.5 cm³/mol. The standard InChI is InChI=1S/C12H25NO2/c1-11(2,7-6-8-13)9-12(3,4)10(14)15-5/h6-9,13H2,1-5H3. The quantitative estimate of drug-likeness (QED) is 0.692. The summed E-state index contributed by atoms with van der Waals surface area (Å²) in [5.41, 5.74) is 5.22. The summed E-state index contributed by atoms with van der Waals surface area (Å²) in [6.07, 6.45) is 2.88. The summed E-state index contributed by atoms with van der Waals surface area (Å²) in [5, 5.41) is 0. The van der Waals surface area contributed by atoms with E-state index in [1.54, 1.807) is 0 Å². The lowest BCUT2D eigenvalue weighted by Crippen LogP contribution is -2.31.